The van der Waals surface area contributed by atoms with Crippen LogP contribution in [-0.4, -0.2) is 38.6 Å². The molecule has 18 heavy (non-hydrogen) atoms. The Morgan fingerprint density at radius 1 is 1.56 bits per heavy atom. The van der Waals surface area contributed by atoms with Gasteiger partial charge in [0.25, 0.3) is 5.91 Å². The molecule has 6 heteroatoms. The number of fused-ring (bicyclic) bond motifs is 1. The number of hydrogen-bond acceptors (Lipinski definition) is 4. The summed E-state index contributed by atoms with van der Waals surface area (Å²) in [6, 6.07) is 4.96. The van der Waals surface area contributed by atoms with Crippen LogP contribution in [0, 0.1) is 0 Å². The predicted octanol–water partition coefficient (Wildman–Crippen LogP) is 1.28. The number of halogens is 1. The second-order valence-corrected chi connectivity index (χ2v) is 4.29. The van der Waals surface area contributed by atoms with Gasteiger partial charge in [0.05, 0.1) is 12.2 Å². The SMILES string of the molecule is COCC(=O)CN1C(=O)COc2ccc(Cl)cc21. The van der Waals surface area contributed by atoms with E-state index in [4.69, 9.17) is 21.1 Å². The number of ether oxygens (including phenoxy) is 2. The third-order valence-electron chi connectivity index (χ3n) is 2.50. The number of hydrogen-bond donors (Lipinski definition) is 0. The summed E-state index contributed by atoms with van der Waals surface area (Å²) in [4.78, 5) is 24.7. The third-order valence-corrected chi connectivity index (χ3v) is 2.74. The summed E-state index contributed by atoms with van der Waals surface area (Å²) >= 11 is 5.88. The van der Waals surface area contributed by atoms with Gasteiger partial charge in [-0.05, 0) is 18.2 Å². The highest BCUT2D eigenvalue weighted by Gasteiger charge is 2.27. The van der Waals surface area contributed by atoms with Crippen molar-refractivity contribution in [1.82, 2.24) is 0 Å². The lowest BCUT2D eigenvalue weighted by atomic mass is 10.2. The maximum Gasteiger partial charge on any atom is 0.265 e. The van der Waals surface area contributed by atoms with Crippen molar-refractivity contribution in [3.8, 4) is 5.75 Å². The quantitative estimate of drug-likeness (QED) is 0.826. The summed E-state index contributed by atoms with van der Waals surface area (Å²) in [6.45, 7) is -0.140. The molecule has 0 fully saturated rings. The van der Waals surface area contributed by atoms with E-state index in [-0.39, 0.29) is 31.4 Å². The molecule has 0 aliphatic carbocycles. The lowest BCUT2D eigenvalue weighted by Crippen LogP contribution is -2.42. The van der Waals surface area contributed by atoms with Crippen LogP contribution in [0.2, 0.25) is 5.02 Å². The maximum absolute atomic E-state index is 11.8. The molecular weight excluding hydrogens is 258 g/mol. The molecule has 0 saturated carbocycles. The first kappa shape index (κ1) is 12.9. The number of methoxy groups -OCH3 is 1. The summed E-state index contributed by atoms with van der Waals surface area (Å²) < 4.78 is 10.0. The maximum atomic E-state index is 11.8. The van der Waals surface area contributed by atoms with Crippen LogP contribution in [0.15, 0.2) is 18.2 Å². The number of nitrogens with zero attached hydrogens (tertiary/aromatic N) is 1. The van der Waals surface area contributed by atoms with Crippen molar-refractivity contribution in [3.63, 3.8) is 0 Å². The molecule has 0 radical (unpaired) electrons. The van der Waals surface area contributed by atoms with E-state index in [1.54, 1.807) is 18.2 Å². The van der Waals surface area contributed by atoms with Crippen molar-refractivity contribution in [2.24, 2.45) is 0 Å². The molecule has 2 rings (SSSR count). The van der Waals surface area contributed by atoms with Gasteiger partial charge in [0.1, 0.15) is 12.4 Å². The Morgan fingerprint density at radius 3 is 3.06 bits per heavy atom. The summed E-state index contributed by atoms with van der Waals surface area (Å²) in [7, 11) is 1.43. The van der Waals surface area contributed by atoms with Crippen molar-refractivity contribution < 1.29 is 19.1 Å². The number of ketones is 1. The lowest BCUT2D eigenvalue weighted by molar-refractivity contribution is -0.126. The zero-order valence-electron chi connectivity index (χ0n) is 9.81. The minimum Gasteiger partial charge on any atom is -0.482 e. The zero-order chi connectivity index (χ0) is 13.1. The highest BCUT2D eigenvalue weighted by molar-refractivity contribution is 6.31. The van der Waals surface area contributed by atoms with Gasteiger partial charge in [0.2, 0.25) is 0 Å². The molecule has 1 aromatic rings. The summed E-state index contributed by atoms with van der Waals surface area (Å²) in [5, 5.41) is 0.483. The van der Waals surface area contributed by atoms with Gasteiger partial charge in [-0.2, -0.15) is 0 Å². The number of Topliss-reactive ketones (excluding diaryl/α,β-unsaturated/α-hetero) is 1. The minimum absolute atomic E-state index is 0.0272. The molecule has 0 atom stereocenters. The first-order chi connectivity index (χ1) is 8.61. The fourth-order valence-electron chi connectivity index (χ4n) is 1.73. The van der Waals surface area contributed by atoms with Crippen molar-refractivity contribution in [3.05, 3.63) is 23.2 Å². The summed E-state index contributed by atoms with van der Waals surface area (Å²) in [5.41, 5.74) is 0.517. The minimum atomic E-state index is -0.269. The Morgan fingerprint density at radius 2 is 2.33 bits per heavy atom. The van der Waals surface area contributed by atoms with Crippen molar-refractivity contribution in [2.45, 2.75) is 0 Å². The second-order valence-electron chi connectivity index (χ2n) is 3.85. The molecule has 0 spiro atoms. The molecule has 1 aliphatic rings. The molecule has 96 valence electrons. The highest BCUT2D eigenvalue weighted by atomic mass is 35.5. The Labute approximate surface area is 109 Å². The van der Waals surface area contributed by atoms with E-state index < -0.39 is 0 Å². The van der Waals surface area contributed by atoms with Gasteiger partial charge in [-0.25, -0.2) is 0 Å². The average molecular weight is 270 g/mol. The Bertz CT molecular complexity index is 489. The van der Waals surface area contributed by atoms with Crippen LogP contribution < -0.4 is 9.64 Å². The largest absolute Gasteiger partial charge is 0.482 e. The van der Waals surface area contributed by atoms with E-state index >= 15 is 0 Å². The van der Waals surface area contributed by atoms with Crippen LogP contribution in [0.25, 0.3) is 0 Å². The standard InChI is InChI=1S/C12H12ClNO4/c1-17-6-9(15)5-14-10-4-8(13)2-3-11(10)18-7-12(14)16/h2-4H,5-7H2,1H3. The van der Waals surface area contributed by atoms with Crippen LogP contribution in [0.5, 0.6) is 5.75 Å². The van der Waals surface area contributed by atoms with Crippen LogP contribution in [0.3, 0.4) is 0 Å². The number of carbonyl (C=O) groups is 2. The van der Waals surface area contributed by atoms with Gasteiger partial charge in [0.15, 0.2) is 12.4 Å². The highest BCUT2D eigenvalue weighted by Crippen LogP contribution is 2.34. The molecule has 1 heterocycles. The second kappa shape index (κ2) is 5.37. The van der Waals surface area contributed by atoms with E-state index in [1.807, 2.05) is 0 Å². The van der Waals surface area contributed by atoms with E-state index in [0.717, 1.165) is 0 Å². The van der Waals surface area contributed by atoms with Gasteiger partial charge in [0, 0.05) is 12.1 Å². The van der Waals surface area contributed by atoms with Crippen molar-refractivity contribution in [2.75, 3.05) is 31.8 Å². The van der Waals surface area contributed by atoms with E-state index in [2.05, 4.69) is 0 Å². The number of carbonyl (C=O) groups excluding carboxylic acids is 2. The predicted molar refractivity (Wildman–Crippen MR) is 66.2 cm³/mol. The number of rotatable bonds is 4. The molecule has 0 saturated heterocycles. The molecule has 1 amide bonds. The Kier molecular flexibility index (Phi) is 3.84. The summed E-state index contributed by atoms with van der Waals surface area (Å²) in [5.74, 6) is 0.0945. The molecule has 0 N–H and O–H groups in total. The number of anilines is 1. The molecular formula is C12H12ClNO4. The molecule has 1 aromatic carbocycles. The van der Waals surface area contributed by atoms with Crippen molar-refractivity contribution >= 4 is 29.0 Å². The van der Waals surface area contributed by atoms with E-state index in [9.17, 15) is 9.59 Å². The normalized spacial score (nSPS) is 14.1. The molecule has 0 bridgehead atoms. The molecule has 0 unspecified atom stereocenters. The van der Waals surface area contributed by atoms with E-state index in [0.29, 0.717) is 16.5 Å². The zero-order valence-corrected chi connectivity index (χ0v) is 10.6. The van der Waals surface area contributed by atoms with Crippen LogP contribution >= 0.6 is 11.6 Å². The van der Waals surface area contributed by atoms with Crippen LogP contribution in [-0.2, 0) is 14.3 Å². The molecule has 5 nitrogen and oxygen atoms in total. The van der Waals surface area contributed by atoms with E-state index in [1.165, 1.54) is 12.0 Å². The number of benzene rings is 1. The molecule has 0 aromatic heterocycles. The van der Waals surface area contributed by atoms with Gasteiger partial charge in [-0.1, -0.05) is 11.6 Å². The monoisotopic (exact) mass is 269 g/mol. The fourth-order valence-corrected chi connectivity index (χ4v) is 1.90. The third kappa shape index (κ3) is 2.63. The Hall–Kier alpha value is -1.59. The summed E-state index contributed by atoms with van der Waals surface area (Å²) in [6.07, 6.45) is 0. The molecule has 1 aliphatic heterocycles. The van der Waals surface area contributed by atoms with Gasteiger partial charge in [-0.15, -0.1) is 0 Å². The van der Waals surface area contributed by atoms with Gasteiger partial charge < -0.3 is 9.47 Å². The fraction of sp³-hybridized carbons (Fsp3) is 0.333. The van der Waals surface area contributed by atoms with Crippen molar-refractivity contribution in [1.29, 1.82) is 0 Å². The lowest BCUT2D eigenvalue weighted by Gasteiger charge is -2.28. The Balaban J connectivity index is 2.27. The number of amides is 1. The van der Waals surface area contributed by atoms with Gasteiger partial charge in [-0.3, -0.25) is 14.5 Å². The topological polar surface area (TPSA) is 55.8 Å². The first-order valence-corrected chi connectivity index (χ1v) is 5.73. The first-order valence-electron chi connectivity index (χ1n) is 5.35. The van der Waals surface area contributed by atoms with Gasteiger partial charge >= 0.3 is 0 Å². The average Bonchev–Trinajstić information content (AvgIpc) is 2.33. The van der Waals surface area contributed by atoms with Crippen LogP contribution in [0.4, 0.5) is 5.69 Å². The smallest absolute Gasteiger partial charge is 0.265 e. The van der Waals surface area contributed by atoms with Crippen LogP contribution in [0.1, 0.15) is 0 Å².